The Morgan fingerprint density at radius 2 is 1.37 bits per heavy atom. The van der Waals surface area contributed by atoms with Gasteiger partial charge in [-0.2, -0.15) is 5.10 Å². The first-order valence-corrected chi connectivity index (χ1v) is 18.9. The standard InChI is InChI=1S/C47H52N4O/c1-28(2)19-35-17-18-48-45(23-35)50-42-14-12-11-13-40(42)41-16-15-38(27-43(41)50)52-39-25-36(30(5)6)24-37(26-39)51-44(20-29(3)4)47(34(10)49-51)46-32(8)21-31(7)22-33(46)9/h11-18,21-30H,19-20H2,1-10H3. The van der Waals surface area contributed by atoms with Gasteiger partial charge in [0.1, 0.15) is 17.3 Å². The van der Waals surface area contributed by atoms with Crippen molar-refractivity contribution in [3.8, 4) is 34.1 Å². The number of benzene rings is 4. The van der Waals surface area contributed by atoms with E-state index in [9.17, 15) is 0 Å². The van der Waals surface area contributed by atoms with Crippen molar-refractivity contribution >= 4 is 21.8 Å². The number of pyridine rings is 1. The molecule has 0 fully saturated rings. The zero-order chi connectivity index (χ0) is 36.8. The normalized spacial score (nSPS) is 11.9. The molecule has 0 N–H and O–H groups in total. The Kier molecular flexibility index (Phi) is 9.56. The molecule has 7 rings (SSSR count). The zero-order valence-electron chi connectivity index (χ0n) is 32.5. The summed E-state index contributed by atoms with van der Waals surface area (Å²) >= 11 is 0. The molecule has 266 valence electrons. The fourth-order valence-electron chi connectivity index (χ4n) is 7.96. The van der Waals surface area contributed by atoms with E-state index in [-0.39, 0.29) is 0 Å². The summed E-state index contributed by atoms with van der Waals surface area (Å²) in [5.41, 5.74) is 14.4. The van der Waals surface area contributed by atoms with Gasteiger partial charge in [0.25, 0.3) is 0 Å². The third-order valence-corrected chi connectivity index (χ3v) is 10.1. The molecular formula is C47H52N4O. The Morgan fingerprint density at radius 1 is 0.654 bits per heavy atom. The van der Waals surface area contributed by atoms with Gasteiger partial charge in [-0.15, -0.1) is 0 Å². The number of aryl methyl sites for hydroxylation is 4. The lowest BCUT2D eigenvalue weighted by Gasteiger charge is -2.18. The molecule has 0 aliphatic carbocycles. The molecule has 3 aromatic heterocycles. The average Bonchev–Trinajstić information content (AvgIpc) is 3.57. The highest BCUT2D eigenvalue weighted by molar-refractivity contribution is 6.09. The van der Waals surface area contributed by atoms with Gasteiger partial charge in [0.2, 0.25) is 0 Å². The number of fused-ring (bicyclic) bond motifs is 3. The first-order valence-electron chi connectivity index (χ1n) is 18.9. The summed E-state index contributed by atoms with van der Waals surface area (Å²) in [7, 11) is 0. The second kappa shape index (κ2) is 14.1. The van der Waals surface area contributed by atoms with Crippen molar-refractivity contribution in [2.75, 3.05) is 0 Å². The molecule has 0 amide bonds. The maximum atomic E-state index is 6.82. The van der Waals surface area contributed by atoms with E-state index in [1.54, 1.807) is 0 Å². The summed E-state index contributed by atoms with van der Waals surface area (Å²) in [5, 5.41) is 7.63. The van der Waals surface area contributed by atoms with Crippen LogP contribution >= 0.6 is 0 Å². The Balaban J connectivity index is 1.36. The number of rotatable bonds is 10. The molecule has 3 heterocycles. The molecule has 0 bridgehead atoms. The molecule has 0 saturated heterocycles. The predicted molar refractivity (Wildman–Crippen MR) is 218 cm³/mol. The number of para-hydroxylation sites is 1. The van der Waals surface area contributed by atoms with Gasteiger partial charge in [-0.3, -0.25) is 4.57 Å². The van der Waals surface area contributed by atoms with Crippen LogP contribution in [0.2, 0.25) is 0 Å². The number of nitrogens with zero attached hydrogens (tertiary/aromatic N) is 4. The largest absolute Gasteiger partial charge is 0.457 e. The molecule has 52 heavy (non-hydrogen) atoms. The highest BCUT2D eigenvalue weighted by atomic mass is 16.5. The minimum absolute atomic E-state index is 0.308. The number of hydrogen-bond donors (Lipinski definition) is 0. The van der Waals surface area contributed by atoms with Crippen LogP contribution in [-0.2, 0) is 12.8 Å². The highest BCUT2D eigenvalue weighted by Crippen LogP contribution is 2.39. The van der Waals surface area contributed by atoms with Crippen LogP contribution in [0.3, 0.4) is 0 Å². The van der Waals surface area contributed by atoms with Crippen molar-refractivity contribution < 1.29 is 4.74 Å². The molecule has 0 aliphatic rings. The second-order valence-corrected chi connectivity index (χ2v) is 15.9. The highest BCUT2D eigenvalue weighted by Gasteiger charge is 2.23. The first kappa shape index (κ1) is 35.3. The van der Waals surface area contributed by atoms with E-state index in [0.29, 0.717) is 17.8 Å². The molecule has 7 aromatic rings. The van der Waals surface area contributed by atoms with Crippen LogP contribution in [-0.4, -0.2) is 19.3 Å². The molecule has 0 spiro atoms. The van der Waals surface area contributed by atoms with Gasteiger partial charge in [-0.1, -0.05) is 77.4 Å². The Hall–Kier alpha value is -5.16. The number of ether oxygens (including phenoxy) is 1. The van der Waals surface area contributed by atoms with Gasteiger partial charge >= 0.3 is 0 Å². The molecule has 5 nitrogen and oxygen atoms in total. The monoisotopic (exact) mass is 688 g/mol. The maximum absolute atomic E-state index is 6.82. The molecule has 0 unspecified atom stereocenters. The minimum atomic E-state index is 0.308. The van der Waals surface area contributed by atoms with Crippen LogP contribution in [0.25, 0.3) is 44.4 Å². The smallest absolute Gasteiger partial charge is 0.137 e. The van der Waals surface area contributed by atoms with E-state index < -0.39 is 0 Å². The van der Waals surface area contributed by atoms with Gasteiger partial charge in [0, 0.05) is 34.7 Å². The fraction of sp³-hybridized carbons (Fsp3) is 0.319. The van der Waals surface area contributed by atoms with Gasteiger partial charge in [-0.25, -0.2) is 9.67 Å². The summed E-state index contributed by atoms with van der Waals surface area (Å²) in [5.74, 6) is 3.84. The van der Waals surface area contributed by atoms with Crippen LogP contribution < -0.4 is 4.74 Å². The SMILES string of the molecule is Cc1cc(C)c(-c2c(C)nn(-c3cc(Oc4ccc5c6ccccc6n(-c6cc(CC(C)C)ccn6)c5c4)cc(C(C)C)c3)c2CC(C)C)c(C)c1. The molecule has 4 aromatic carbocycles. The molecule has 0 saturated carbocycles. The van der Waals surface area contributed by atoms with E-state index in [0.717, 1.165) is 52.6 Å². The van der Waals surface area contributed by atoms with Crippen molar-refractivity contribution in [1.29, 1.82) is 0 Å². The fourth-order valence-corrected chi connectivity index (χ4v) is 7.96. The summed E-state index contributed by atoms with van der Waals surface area (Å²) < 4.78 is 11.3. The third kappa shape index (κ3) is 6.77. The summed E-state index contributed by atoms with van der Waals surface area (Å²) in [6.45, 7) is 22.3. The van der Waals surface area contributed by atoms with E-state index >= 15 is 0 Å². The number of hydrogen-bond acceptors (Lipinski definition) is 3. The van der Waals surface area contributed by atoms with Crippen LogP contribution in [0.1, 0.15) is 86.7 Å². The van der Waals surface area contributed by atoms with Crippen LogP contribution in [0, 0.1) is 39.5 Å². The Labute approximate surface area is 309 Å². The van der Waals surface area contributed by atoms with E-state index in [2.05, 4.69) is 163 Å². The van der Waals surface area contributed by atoms with E-state index in [4.69, 9.17) is 14.8 Å². The van der Waals surface area contributed by atoms with Crippen LogP contribution in [0.4, 0.5) is 0 Å². The third-order valence-electron chi connectivity index (χ3n) is 10.1. The van der Waals surface area contributed by atoms with Gasteiger partial charge in [0.15, 0.2) is 0 Å². The van der Waals surface area contributed by atoms with Crippen molar-refractivity contribution in [2.45, 2.75) is 88.0 Å². The van der Waals surface area contributed by atoms with Crippen molar-refractivity contribution in [3.63, 3.8) is 0 Å². The lowest BCUT2D eigenvalue weighted by atomic mass is 9.90. The second-order valence-electron chi connectivity index (χ2n) is 15.9. The summed E-state index contributed by atoms with van der Waals surface area (Å²) in [6.07, 6.45) is 3.86. The quantitative estimate of drug-likeness (QED) is 0.144. The molecule has 0 atom stereocenters. The lowest BCUT2D eigenvalue weighted by molar-refractivity contribution is 0.481. The molecule has 0 aliphatic heterocycles. The summed E-state index contributed by atoms with van der Waals surface area (Å²) in [6, 6.07) is 30.6. The minimum Gasteiger partial charge on any atom is -0.457 e. The maximum Gasteiger partial charge on any atom is 0.137 e. The first-order chi connectivity index (χ1) is 24.9. The Morgan fingerprint density at radius 3 is 2.08 bits per heavy atom. The van der Waals surface area contributed by atoms with Crippen LogP contribution in [0.15, 0.2) is 91.1 Å². The predicted octanol–water partition coefficient (Wildman–Crippen LogP) is 12.6. The molecule has 5 heteroatoms. The van der Waals surface area contributed by atoms with E-state index in [1.807, 2.05) is 6.20 Å². The lowest BCUT2D eigenvalue weighted by Crippen LogP contribution is -2.08. The van der Waals surface area contributed by atoms with Crippen molar-refractivity contribution in [2.24, 2.45) is 11.8 Å². The van der Waals surface area contributed by atoms with Gasteiger partial charge in [0.05, 0.1) is 28.1 Å². The van der Waals surface area contributed by atoms with Crippen LogP contribution in [0.5, 0.6) is 11.5 Å². The molecule has 0 radical (unpaired) electrons. The van der Waals surface area contributed by atoms with Crippen molar-refractivity contribution in [3.05, 3.63) is 130 Å². The summed E-state index contributed by atoms with van der Waals surface area (Å²) in [4.78, 5) is 4.87. The van der Waals surface area contributed by atoms with E-state index in [1.165, 1.54) is 55.4 Å². The molecular weight excluding hydrogens is 637 g/mol. The topological polar surface area (TPSA) is 44.9 Å². The Bertz CT molecular complexity index is 2400. The zero-order valence-corrected chi connectivity index (χ0v) is 32.5. The average molecular weight is 689 g/mol. The van der Waals surface area contributed by atoms with Gasteiger partial charge in [-0.05, 0) is 129 Å². The van der Waals surface area contributed by atoms with Crippen molar-refractivity contribution in [1.82, 2.24) is 19.3 Å². The number of aromatic nitrogens is 4. The van der Waals surface area contributed by atoms with Gasteiger partial charge < -0.3 is 4.74 Å².